The van der Waals surface area contributed by atoms with Crippen LogP contribution in [0.4, 0.5) is 26.3 Å². The van der Waals surface area contributed by atoms with Gasteiger partial charge in [0.1, 0.15) is 11.6 Å². The molecule has 190 valence electrons. The van der Waals surface area contributed by atoms with Crippen LogP contribution >= 0.6 is 0 Å². The van der Waals surface area contributed by atoms with Gasteiger partial charge >= 0.3 is 6.36 Å². The van der Waals surface area contributed by atoms with Crippen LogP contribution in [-0.4, -0.2) is 6.36 Å². The van der Waals surface area contributed by atoms with E-state index >= 15 is 8.78 Å². The van der Waals surface area contributed by atoms with E-state index in [0.29, 0.717) is 36.0 Å². The standard InChI is InChI=1S/C28H30F6O/c1-2-3-4-5-17-6-8-18(9-7-17)19-10-12-22-21(14-19)16-24(30)26(27(22)31)20-11-13-25(23(29)15-20)35-28(32,33)34/h10-11,13,15-18H,2-9,12,14H2,1H3. The van der Waals surface area contributed by atoms with Crippen LogP contribution in [0.5, 0.6) is 5.75 Å². The van der Waals surface area contributed by atoms with Crippen LogP contribution in [-0.2, 0) is 12.8 Å². The minimum absolute atomic E-state index is 0.175. The molecule has 1 fully saturated rings. The predicted molar refractivity (Wildman–Crippen MR) is 124 cm³/mol. The van der Waals surface area contributed by atoms with Crippen molar-refractivity contribution in [1.29, 1.82) is 0 Å². The Bertz CT molecular complexity index is 1080. The lowest BCUT2D eigenvalue weighted by atomic mass is 9.73. The number of halogens is 6. The molecule has 0 saturated heterocycles. The van der Waals surface area contributed by atoms with Gasteiger partial charge in [0, 0.05) is 0 Å². The van der Waals surface area contributed by atoms with Gasteiger partial charge in [-0.2, -0.15) is 0 Å². The van der Waals surface area contributed by atoms with Gasteiger partial charge in [-0.05, 0) is 85.3 Å². The number of benzene rings is 2. The van der Waals surface area contributed by atoms with Crippen molar-refractivity contribution >= 4 is 0 Å². The highest BCUT2D eigenvalue weighted by molar-refractivity contribution is 5.68. The quantitative estimate of drug-likeness (QED) is 0.211. The zero-order chi connectivity index (χ0) is 25.2. The van der Waals surface area contributed by atoms with Gasteiger partial charge in [-0.15, -0.1) is 13.2 Å². The average molecular weight is 497 g/mol. The number of ether oxygens (including phenoxy) is 1. The van der Waals surface area contributed by atoms with Gasteiger partial charge in [0.2, 0.25) is 0 Å². The Kier molecular flexibility index (Phi) is 7.82. The molecule has 0 radical (unpaired) electrons. The minimum atomic E-state index is -5.07. The topological polar surface area (TPSA) is 9.23 Å². The summed E-state index contributed by atoms with van der Waals surface area (Å²) in [4.78, 5) is 0. The largest absolute Gasteiger partial charge is 0.573 e. The molecule has 0 aliphatic heterocycles. The van der Waals surface area contributed by atoms with Gasteiger partial charge in [0.05, 0.1) is 5.56 Å². The van der Waals surface area contributed by atoms with Gasteiger partial charge in [-0.25, -0.2) is 13.2 Å². The Balaban J connectivity index is 1.49. The van der Waals surface area contributed by atoms with Crippen molar-refractivity contribution < 1.29 is 31.1 Å². The SMILES string of the molecule is CCCCCC1CCC(C2=CCc3c(cc(F)c(-c4ccc(OC(F)(F)F)c(F)c4)c3F)C2)CC1. The highest BCUT2D eigenvalue weighted by Crippen LogP contribution is 2.41. The van der Waals surface area contributed by atoms with E-state index in [2.05, 4.69) is 11.7 Å². The molecule has 0 amide bonds. The van der Waals surface area contributed by atoms with E-state index in [0.717, 1.165) is 30.9 Å². The summed E-state index contributed by atoms with van der Waals surface area (Å²) in [6.45, 7) is 2.21. The third-order valence-corrected chi connectivity index (χ3v) is 7.41. The summed E-state index contributed by atoms with van der Waals surface area (Å²) >= 11 is 0. The zero-order valence-electron chi connectivity index (χ0n) is 19.8. The molecule has 0 heterocycles. The summed E-state index contributed by atoms with van der Waals surface area (Å²) in [5.74, 6) is -2.83. The second-order valence-corrected chi connectivity index (χ2v) is 9.75. The van der Waals surface area contributed by atoms with Gasteiger partial charge in [0.15, 0.2) is 11.6 Å². The Labute approximate surface area is 202 Å². The molecule has 0 N–H and O–H groups in total. The van der Waals surface area contributed by atoms with Crippen LogP contribution in [0.25, 0.3) is 11.1 Å². The van der Waals surface area contributed by atoms with E-state index in [4.69, 9.17) is 0 Å². The third-order valence-electron chi connectivity index (χ3n) is 7.41. The minimum Gasteiger partial charge on any atom is -0.403 e. The fourth-order valence-corrected chi connectivity index (χ4v) is 5.56. The first-order valence-electron chi connectivity index (χ1n) is 12.4. The molecule has 4 rings (SSSR count). The summed E-state index contributed by atoms with van der Waals surface area (Å²) in [6.07, 6.45) is 7.44. The number of hydrogen-bond donors (Lipinski definition) is 0. The maximum Gasteiger partial charge on any atom is 0.573 e. The predicted octanol–water partition coefficient (Wildman–Crippen LogP) is 9.08. The molecule has 35 heavy (non-hydrogen) atoms. The summed E-state index contributed by atoms with van der Waals surface area (Å²) in [5.41, 5.74) is 1.56. The summed E-state index contributed by atoms with van der Waals surface area (Å²) in [7, 11) is 0. The van der Waals surface area contributed by atoms with E-state index in [9.17, 15) is 17.6 Å². The lowest BCUT2D eigenvalue weighted by molar-refractivity contribution is -0.275. The number of hydrogen-bond acceptors (Lipinski definition) is 1. The average Bonchev–Trinajstić information content (AvgIpc) is 2.80. The second-order valence-electron chi connectivity index (χ2n) is 9.75. The summed E-state index contributed by atoms with van der Waals surface area (Å²) in [6, 6.07) is 3.71. The van der Waals surface area contributed by atoms with E-state index in [1.54, 1.807) is 0 Å². The first-order valence-corrected chi connectivity index (χ1v) is 12.4. The summed E-state index contributed by atoms with van der Waals surface area (Å²) < 4.78 is 85.3. The maximum atomic E-state index is 15.4. The first kappa shape index (κ1) is 25.6. The van der Waals surface area contributed by atoms with Crippen LogP contribution in [0.3, 0.4) is 0 Å². The van der Waals surface area contributed by atoms with Crippen LogP contribution in [0.1, 0.15) is 69.4 Å². The molecule has 0 aromatic heterocycles. The molecule has 0 unspecified atom stereocenters. The molecule has 0 atom stereocenters. The van der Waals surface area contributed by atoms with E-state index in [-0.39, 0.29) is 5.56 Å². The molecule has 2 aliphatic rings. The highest BCUT2D eigenvalue weighted by Gasteiger charge is 2.33. The van der Waals surface area contributed by atoms with E-state index in [1.165, 1.54) is 50.2 Å². The Hall–Kier alpha value is -2.44. The van der Waals surface area contributed by atoms with Gasteiger partial charge in [-0.1, -0.05) is 50.3 Å². The monoisotopic (exact) mass is 496 g/mol. The molecule has 7 heteroatoms. The van der Waals surface area contributed by atoms with Crippen LogP contribution in [0.15, 0.2) is 35.9 Å². The van der Waals surface area contributed by atoms with Crippen LogP contribution < -0.4 is 4.74 Å². The smallest absolute Gasteiger partial charge is 0.403 e. The molecular formula is C28H30F6O. The Morgan fingerprint density at radius 1 is 0.943 bits per heavy atom. The van der Waals surface area contributed by atoms with Crippen molar-refractivity contribution in [2.24, 2.45) is 11.8 Å². The van der Waals surface area contributed by atoms with Crippen LogP contribution in [0, 0.1) is 29.3 Å². The molecule has 0 bridgehead atoms. The number of rotatable bonds is 7. The first-order chi connectivity index (χ1) is 16.7. The maximum absolute atomic E-state index is 15.4. The number of unbranched alkanes of at least 4 members (excludes halogenated alkanes) is 2. The number of alkyl halides is 3. The highest BCUT2D eigenvalue weighted by atomic mass is 19.4. The molecule has 2 aromatic rings. The van der Waals surface area contributed by atoms with Crippen molar-refractivity contribution in [3.63, 3.8) is 0 Å². The van der Waals surface area contributed by atoms with Gasteiger partial charge in [-0.3, -0.25) is 0 Å². The van der Waals surface area contributed by atoms with Crippen molar-refractivity contribution in [3.05, 3.63) is 64.5 Å². The third kappa shape index (κ3) is 6.04. The fourth-order valence-electron chi connectivity index (χ4n) is 5.56. The second kappa shape index (κ2) is 10.7. The van der Waals surface area contributed by atoms with Gasteiger partial charge in [0.25, 0.3) is 0 Å². The normalized spacial score (nSPS) is 20.4. The number of allylic oxidation sites excluding steroid dienone is 2. The molecule has 2 aromatic carbocycles. The summed E-state index contributed by atoms with van der Waals surface area (Å²) in [5, 5.41) is 0. The van der Waals surface area contributed by atoms with E-state index in [1.807, 2.05) is 6.08 Å². The molecule has 0 spiro atoms. The lowest BCUT2D eigenvalue weighted by Crippen LogP contribution is -2.20. The van der Waals surface area contributed by atoms with Gasteiger partial charge < -0.3 is 4.74 Å². The molecule has 1 saturated carbocycles. The Morgan fingerprint density at radius 3 is 2.34 bits per heavy atom. The van der Waals surface area contributed by atoms with Crippen molar-refractivity contribution in [2.45, 2.75) is 77.5 Å². The molecule has 2 aliphatic carbocycles. The zero-order valence-corrected chi connectivity index (χ0v) is 19.8. The Morgan fingerprint density at radius 2 is 1.69 bits per heavy atom. The lowest BCUT2D eigenvalue weighted by Gasteiger charge is -2.32. The molecule has 1 nitrogen and oxygen atoms in total. The van der Waals surface area contributed by atoms with Crippen molar-refractivity contribution in [3.8, 4) is 16.9 Å². The van der Waals surface area contributed by atoms with Crippen molar-refractivity contribution in [1.82, 2.24) is 0 Å². The fraction of sp³-hybridized carbons (Fsp3) is 0.500. The number of fused-ring (bicyclic) bond motifs is 1. The molecular weight excluding hydrogens is 466 g/mol. The van der Waals surface area contributed by atoms with Crippen molar-refractivity contribution in [2.75, 3.05) is 0 Å². The van der Waals surface area contributed by atoms with E-state index < -0.39 is 35.1 Å². The van der Waals surface area contributed by atoms with Crippen LogP contribution in [0.2, 0.25) is 0 Å².